The lowest BCUT2D eigenvalue weighted by Gasteiger charge is -2.18. The Kier molecular flexibility index (Phi) is 4.10. The maximum absolute atomic E-state index is 13.1. The Hall–Kier alpha value is -1.68. The molecule has 0 aliphatic rings. The van der Waals surface area contributed by atoms with Crippen molar-refractivity contribution in [3.8, 4) is 0 Å². The second-order valence-corrected chi connectivity index (χ2v) is 4.37. The van der Waals surface area contributed by atoms with E-state index < -0.39 is 0 Å². The molecule has 1 aromatic carbocycles. The number of nitrogens with zero attached hydrogens (tertiary/aromatic N) is 2. The molecule has 0 aliphatic carbocycles. The molecule has 0 aliphatic heterocycles. The molecule has 2 rings (SSSR count). The van der Waals surface area contributed by atoms with E-state index in [4.69, 9.17) is 4.52 Å². The van der Waals surface area contributed by atoms with E-state index >= 15 is 0 Å². The maximum atomic E-state index is 13.1. The van der Waals surface area contributed by atoms with Gasteiger partial charge in [0, 0.05) is 12.6 Å². The molecular weight excluding hydrogens is 231 g/mol. The maximum Gasteiger partial charge on any atom is 0.150 e. The second kappa shape index (κ2) is 5.78. The van der Waals surface area contributed by atoms with E-state index in [0.29, 0.717) is 13.1 Å². The Labute approximate surface area is 106 Å². The summed E-state index contributed by atoms with van der Waals surface area (Å²) in [5, 5.41) is 3.86. The van der Waals surface area contributed by atoms with Gasteiger partial charge in [0.2, 0.25) is 0 Å². The minimum absolute atomic E-state index is 0.195. The van der Waals surface area contributed by atoms with E-state index in [1.807, 2.05) is 19.1 Å². The Morgan fingerprint density at radius 3 is 2.72 bits per heavy atom. The van der Waals surface area contributed by atoms with E-state index in [2.05, 4.69) is 17.0 Å². The summed E-state index contributed by atoms with van der Waals surface area (Å²) in [5.74, 6) is 0.643. The lowest BCUT2D eigenvalue weighted by atomic mass is 10.2. The lowest BCUT2D eigenvalue weighted by molar-refractivity contribution is 0.233. The fourth-order valence-corrected chi connectivity index (χ4v) is 1.88. The zero-order valence-corrected chi connectivity index (χ0v) is 10.7. The van der Waals surface area contributed by atoms with Crippen molar-refractivity contribution < 1.29 is 8.91 Å². The molecule has 18 heavy (non-hydrogen) atoms. The van der Waals surface area contributed by atoms with Crippen molar-refractivity contribution in [3.05, 3.63) is 53.2 Å². The third-order valence-corrected chi connectivity index (χ3v) is 2.80. The molecule has 0 saturated heterocycles. The molecule has 1 heterocycles. The Balaban J connectivity index is 2.01. The number of rotatable bonds is 5. The van der Waals surface area contributed by atoms with Crippen molar-refractivity contribution in [1.82, 2.24) is 10.1 Å². The number of aromatic nitrogens is 1. The van der Waals surface area contributed by atoms with Gasteiger partial charge >= 0.3 is 0 Å². The summed E-state index contributed by atoms with van der Waals surface area (Å²) < 4.78 is 18.3. The first kappa shape index (κ1) is 12.8. The van der Waals surface area contributed by atoms with Crippen molar-refractivity contribution in [3.63, 3.8) is 0 Å². The number of halogens is 1. The third-order valence-electron chi connectivity index (χ3n) is 2.80. The summed E-state index contributed by atoms with van der Waals surface area (Å²) in [6.45, 7) is 6.23. The van der Waals surface area contributed by atoms with Crippen LogP contribution in [0.3, 0.4) is 0 Å². The Morgan fingerprint density at radius 1 is 1.28 bits per heavy atom. The molecule has 96 valence electrons. The topological polar surface area (TPSA) is 29.3 Å². The van der Waals surface area contributed by atoms with Gasteiger partial charge in [-0.1, -0.05) is 24.2 Å². The van der Waals surface area contributed by atoms with Gasteiger partial charge in [-0.3, -0.25) is 4.90 Å². The summed E-state index contributed by atoms with van der Waals surface area (Å²) in [4.78, 5) is 2.18. The highest BCUT2D eigenvalue weighted by molar-refractivity contribution is 5.16. The normalized spacial score (nSPS) is 11.1. The standard InChI is InChI=1S/C14H17FN2O/c1-3-17(10-14-7-11(2)16-18-14)9-12-5-4-6-13(15)8-12/h4-8H,3,9-10H2,1-2H3. The average molecular weight is 248 g/mol. The van der Waals surface area contributed by atoms with Gasteiger partial charge in [0.05, 0.1) is 12.2 Å². The van der Waals surface area contributed by atoms with E-state index in [1.54, 1.807) is 12.1 Å². The van der Waals surface area contributed by atoms with Crippen LogP contribution >= 0.6 is 0 Å². The first-order chi connectivity index (χ1) is 8.67. The van der Waals surface area contributed by atoms with E-state index in [0.717, 1.165) is 23.6 Å². The summed E-state index contributed by atoms with van der Waals surface area (Å²) in [5.41, 5.74) is 1.85. The minimum atomic E-state index is -0.195. The molecule has 0 fully saturated rings. The van der Waals surface area contributed by atoms with Gasteiger partial charge in [0.1, 0.15) is 5.82 Å². The van der Waals surface area contributed by atoms with Gasteiger partial charge in [-0.2, -0.15) is 0 Å². The Morgan fingerprint density at radius 2 is 2.11 bits per heavy atom. The van der Waals surface area contributed by atoms with Crippen LogP contribution in [-0.2, 0) is 13.1 Å². The van der Waals surface area contributed by atoms with Crippen LogP contribution in [0.1, 0.15) is 23.9 Å². The molecule has 0 bridgehead atoms. The molecule has 0 unspecified atom stereocenters. The van der Waals surface area contributed by atoms with Gasteiger partial charge in [-0.15, -0.1) is 0 Å². The highest BCUT2D eigenvalue weighted by atomic mass is 19.1. The third kappa shape index (κ3) is 3.40. The van der Waals surface area contributed by atoms with Crippen molar-refractivity contribution in [2.75, 3.05) is 6.54 Å². The first-order valence-electron chi connectivity index (χ1n) is 6.06. The van der Waals surface area contributed by atoms with Crippen LogP contribution in [0.25, 0.3) is 0 Å². The van der Waals surface area contributed by atoms with Crippen LogP contribution in [-0.4, -0.2) is 16.6 Å². The van der Waals surface area contributed by atoms with E-state index in [9.17, 15) is 4.39 Å². The minimum Gasteiger partial charge on any atom is -0.360 e. The summed E-state index contributed by atoms with van der Waals surface area (Å²) in [7, 11) is 0. The average Bonchev–Trinajstić information content (AvgIpc) is 2.74. The predicted octanol–water partition coefficient (Wildman–Crippen LogP) is 3.14. The van der Waals surface area contributed by atoms with Crippen LogP contribution in [0, 0.1) is 12.7 Å². The van der Waals surface area contributed by atoms with Gasteiger partial charge in [0.15, 0.2) is 5.76 Å². The zero-order valence-electron chi connectivity index (χ0n) is 10.7. The fraction of sp³-hybridized carbons (Fsp3) is 0.357. The lowest BCUT2D eigenvalue weighted by Crippen LogP contribution is -2.22. The van der Waals surface area contributed by atoms with Gasteiger partial charge in [0.25, 0.3) is 0 Å². The monoisotopic (exact) mass is 248 g/mol. The van der Waals surface area contributed by atoms with Crippen LogP contribution < -0.4 is 0 Å². The molecule has 0 spiro atoms. The number of aryl methyl sites for hydroxylation is 1. The molecule has 4 heteroatoms. The van der Waals surface area contributed by atoms with Gasteiger partial charge in [-0.25, -0.2) is 4.39 Å². The van der Waals surface area contributed by atoms with Gasteiger partial charge < -0.3 is 4.52 Å². The molecule has 2 aromatic rings. The zero-order chi connectivity index (χ0) is 13.0. The van der Waals surface area contributed by atoms with Gasteiger partial charge in [-0.05, 0) is 31.2 Å². The number of benzene rings is 1. The largest absolute Gasteiger partial charge is 0.360 e. The van der Waals surface area contributed by atoms with E-state index in [-0.39, 0.29) is 5.82 Å². The molecule has 0 radical (unpaired) electrons. The number of hydrogen-bond donors (Lipinski definition) is 0. The molecule has 0 saturated carbocycles. The van der Waals surface area contributed by atoms with Crippen molar-refractivity contribution in [2.24, 2.45) is 0 Å². The molecule has 0 atom stereocenters. The molecule has 3 nitrogen and oxygen atoms in total. The fourth-order valence-electron chi connectivity index (χ4n) is 1.88. The highest BCUT2D eigenvalue weighted by Gasteiger charge is 2.09. The van der Waals surface area contributed by atoms with Crippen molar-refractivity contribution in [1.29, 1.82) is 0 Å². The van der Waals surface area contributed by atoms with E-state index in [1.165, 1.54) is 6.07 Å². The molecular formula is C14H17FN2O. The van der Waals surface area contributed by atoms with Crippen LogP contribution in [0.5, 0.6) is 0 Å². The Bertz CT molecular complexity index is 510. The van der Waals surface area contributed by atoms with Crippen molar-refractivity contribution >= 4 is 0 Å². The smallest absolute Gasteiger partial charge is 0.150 e. The van der Waals surface area contributed by atoms with Crippen LogP contribution in [0.2, 0.25) is 0 Å². The second-order valence-electron chi connectivity index (χ2n) is 4.37. The molecule has 0 N–H and O–H groups in total. The summed E-state index contributed by atoms with van der Waals surface area (Å²) >= 11 is 0. The quantitative estimate of drug-likeness (QED) is 0.814. The predicted molar refractivity (Wildman–Crippen MR) is 67.4 cm³/mol. The summed E-state index contributed by atoms with van der Waals surface area (Å²) in [6, 6.07) is 8.61. The van der Waals surface area contributed by atoms with Crippen LogP contribution in [0.4, 0.5) is 4.39 Å². The van der Waals surface area contributed by atoms with Crippen molar-refractivity contribution in [2.45, 2.75) is 26.9 Å². The molecule has 0 amide bonds. The molecule has 1 aromatic heterocycles. The van der Waals surface area contributed by atoms with Crippen LogP contribution in [0.15, 0.2) is 34.9 Å². The number of hydrogen-bond acceptors (Lipinski definition) is 3. The highest BCUT2D eigenvalue weighted by Crippen LogP contribution is 2.11. The summed E-state index contributed by atoms with van der Waals surface area (Å²) in [6.07, 6.45) is 0. The first-order valence-corrected chi connectivity index (χ1v) is 6.06. The SMILES string of the molecule is CCN(Cc1cccc(F)c1)Cc1cc(C)no1.